The molecule has 2 rings (SSSR count). The van der Waals surface area contributed by atoms with Gasteiger partial charge >= 0.3 is 11.7 Å². The number of hydrogen-bond donors (Lipinski definition) is 2. The van der Waals surface area contributed by atoms with Gasteiger partial charge in [0.25, 0.3) is 5.56 Å². The van der Waals surface area contributed by atoms with Gasteiger partial charge in [0.15, 0.2) is 11.2 Å². The number of hydrogen-bond acceptors (Lipinski definition) is 6. The molecule has 0 fully saturated rings. The second kappa shape index (κ2) is 4.62. The maximum absolute atomic E-state index is 11.4. The first-order chi connectivity index (χ1) is 8.60. The molecule has 0 aliphatic rings. The van der Waals surface area contributed by atoms with Crippen LogP contribution in [0, 0.1) is 0 Å². The minimum Gasteiger partial charge on any atom is -0.466 e. The fourth-order valence-electron chi connectivity index (χ4n) is 1.26. The van der Waals surface area contributed by atoms with Crippen molar-refractivity contribution in [2.24, 2.45) is 0 Å². The van der Waals surface area contributed by atoms with E-state index in [4.69, 9.17) is 0 Å². The molecule has 8 heteroatoms. The van der Waals surface area contributed by atoms with E-state index in [1.807, 2.05) is 4.98 Å². The molecule has 2 N–H and O–H groups in total. The molecule has 8 nitrogen and oxygen atoms in total. The molecule has 2 aromatic heterocycles. The molecule has 0 aliphatic heterocycles. The summed E-state index contributed by atoms with van der Waals surface area (Å²) in [5.74, 6) is -0.545. The lowest BCUT2D eigenvalue weighted by molar-refractivity contribution is -0.134. The molecule has 0 saturated carbocycles. The molecular formula is C10H8N4O4. The van der Waals surface area contributed by atoms with Crippen molar-refractivity contribution < 1.29 is 9.53 Å². The van der Waals surface area contributed by atoms with E-state index in [0.29, 0.717) is 5.69 Å². The topological polar surface area (TPSA) is 118 Å². The third-order valence-corrected chi connectivity index (χ3v) is 2.06. The molecule has 2 aromatic rings. The van der Waals surface area contributed by atoms with Crippen molar-refractivity contribution in [1.29, 1.82) is 0 Å². The van der Waals surface area contributed by atoms with Crippen molar-refractivity contribution in [1.82, 2.24) is 19.9 Å². The molecular weight excluding hydrogens is 240 g/mol. The molecule has 0 amide bonds. The van der Waals surface area contributed by atoms with Crippen LogP contribution in [0.2, 0.25) is 0 Å². The number of rotatable bonds is 2. The fourth-order valence-corrected chi connectivity index (χ4v) is 1.26. The zero-order valence-electron chi connectivity index (χ0n) is 9.26. The van der Waals surface area contributed by atoms with Gasteiger partial charge in [0.1, 0.15) is 0 Å². The van der Waals surface area contributed by atoms with Gasteiger partial charge in [-0.15, -0.1) is 0 Å². The standard InChI is InChI=1S/C10H8N4O4/c1-18-6(15)3-2-5-4-11-7-8(12-5)13-10(17)14-9(7)16/h2-4H,1H3,(H2,12,13,14,16,17). The van der Waals surface area contributed by atoms with Gasteiger partial charge in [-0.25, -0.2) is 19.6 Å². The Labute approximate surface area is 99.4 Å². The van der Waals surface area contributed by atoms with Crippen molar-refractivity contribution in [2.45, 2.75) is 0 Å². The number of nitrogens with one attached hydrogen (secondary N) is 2. The van der Waals surface area contributed by atoms with Crippen LogP contribution in [0.15, 0.2) is 21.9 Å². The lowest BCUT2D eigenvalue weighted by Gasteiger charge is -1.96. The van der Waals surface area contributed by atoms with E-state index < -0.39 is 17.2 Å². The minimum absolute atomic E-state index is 0.0184. The molecule has 92 valence electrons. The molecule has 0 atom stereocenters. The second-order valence-corrected chi connectivity index (χ2v) is 3.26. The third-order valence-electron chi connectivity index (χ3n) is 2.06. The number of nitrogens with zero attached hydrogens (tertiary/aromatic N) is 2. The van der Waals surface area contributed by atoms with Crippen molar-refractivity contribution >= 4 is 23.2 Å². The molecule has 0 saturated heterocycles. The molecule has 18 heavy (non-hydrogen) atoms. The average Bonchev–Trinajstić information content (AvgIpc) is 2.35. The van der Waals surface area contributed by atoms with Crippen LogP contribution in [0.25, 0.3) is 17.2 Å². The number of esters is 1. The minimum atomic E-state index is -0.670. The zero-order chi connectivity index (χ0) is 13.1. The van der Waals surface area contributed by atoms with Crippen LogP contribution in [-0.2, 0) is 9.53 Å². The quantitative estimate of drug-likeness (QED) is 0.530. The molecule has 0 unspecified atom stereocenters. The zero-order valence-corrected chi connectivity index (χ0v) is 9.26. The van der Waals surface area contributed by atoms with Gasteiger partial charge in [0, 0.05) is 6.08 Å². The summed E-state index contributed by atoms with van der Waals surface area (Å²) in [5, 5.41) is 0. The van der Waals surface area contributed by atoms with Crippen molar-refractivity contribution in [3.63, 3.8) is 0 Å². The van der Waals surface area contributed by atoms with Gasteiger partial charge in [-0.1, -0.05) is 0 Å². The van der Waals surface area contributed by atoms with E-state index in [1.54, 1.807) is 0 Å². The molecule has 2 heterocycles. The summed E-state index contributed by atoms with van der Waals surface area (Å²) in [6.07, 6.45) is 3.81. The average molecular weight is 248 g/mol. The predicted molar refractivity (Wildman–Crippen MR) is 61.8 cm³/mol. The summed E-state index contributed by atoms with van der Waals surface area (Å²) in [5.41, 5.74) is -0.907. The van der Waals surface area contributed by atoms with Crippen LogP contribution in [0.5, 0.6) is 0 Å². The Bertz CT molecular complexity index is 743. The highest BCUT2D eigenvalue weighted by Gasteiger charge is 2.03. The van der Waals surface area contributed by atoms with E-state index in [1.165, 1.54) is 19.4 Å². The first-order valence-electron chi connectivity index (χ1n) is 4.85. The Hall–Kier alpha value is -2.77. The summed E-state index contributed by atoms with van der Waals surface area (Å²) in [6.45, 7) is 0. The van der Waals surface area contributed by atoms with Gasteiger partial charge in [0.05, 0.1) is 19.0 Å². The van der Waals surface area contributed by atoms with Crippen molar-refractivity contribution in [3.8, 4) is 0 Å². The number of carbonyl (C=O) groups excluding carboxylic acids is 1. The highest BCUT2D eigenvalue weighted by atomic mass is 16.5. The fraction of sp³-hybridized carbons (Fsp3) is 0.100. The summed E-state index contributed by atoms with van der Waals surface area (Å²) in [4.78, 5) is 45.5. The van der Waals surface area contributed by atoms with E-state index in [-0.39, 0.29) is 11.2 Å². The summed E-state index contributed by atoms with van der Waals surface area (Å²) in [6, 6.07) is 0. The van der Waals surface area contributed by atoms with Gasteiger partial charge in [-0.3, -0.25) is 14.8 Å². The van der Waals surface area contributed by atoms with Gasteiger partial charge in [-0.2, -0.15) is 0 Å². The Morgan fingerprint density at radius 3 is 2.89 bits per heavy atom. The number of H-pyrrole nitrogens is 2. The van der Waals surface area contributed by atoms with Crippen LogP contribution in [0.4, 0.5) is 0 Å². The summed E-state index contributed by atoms with van der Waals surface area (Å²) >= 11 is 0. The molecule has 0 spiro atoms. The lowest BCUT2D eigenvalue weighted by atomic mass is 10.4. The number of ether oxygens (including phenoxy) is 1. The number of aromatic amines is 2. The summed E-state index contributed by atoms with van der Waals surface area (Å²) in [7, 11) is 1.25. The number of carbonyl (C=O) groups is 1. The number of aromatic nitrogens is 4. The number of methoxy groups -OCH3 is 1. The Balaban J connectivity index is 2.51. The van der Waals surface area contributed by atoms with Gasteiger partial charge in [0.2, 0.25) is 0 Å². The monoisotopic (exact) mass is 248 g/mol. The lowest BCUT2D eigenvalue weighted by Crippen LogP contribution is -2.23. The van der Waals surface area contributed by atoms with Crippen LogP contribution < -0.4 is 11.2 Å². The highest BCUT2D eigenvalue weighted by molar-refractivity contribution is 5.86. The first kappa shape index (κ1) is 11.7. The van der Waals surface area contributed by atoms with E-state index in [2.05, 4.69) is 19.7 Å². The molecule has 0 aliphatic carbocycles. The van der Waals surface area contributed by atoms with Gasteiger partial charge in [-0.05, 0) is 6.08 Å². The Kier molecular flexibility index (Phi) is 3.00. The second-order valence-electron chi connectivity index (χ2n) is 3.26. The van der Waals surface area contributed by atoms with E-state index in [0.717, 1.165) is 6.08 Å². The third kappa shape index (κ3) is 2.32. The van der Waals surface area contributed by atoms with E-state index >= 15 is 0 Å². The van der Waals surface area contributed by atoms with Crippen molar-refractivity contribution in [3.05, 3.63) is 38.8 Å². The van der Waals surface area contributed by atoms with Crippen LogP contribution >= 0.6 is 0 Å². The number of fused-ring (bicyclic) bond motifs is 1. The van der Waals surface area contributed by atoms with Crippen molar-refractivity contribution in [2.75, 3.05) is 7.11 Å². The molecule has 0 bridgehead atoms. The molecule has 0 aromatic carbocycles. The maximum atomic E-state index is 11.4. The van der Waals surface area contributed by atoms with Crippen LogP contribution in [-0.4, -0.2) is 33.0 Å². The first-order valence-corrected chi connectivity index (χ1v) is 4.85. The van der Waals surface area contributed by atoms with Crippen LogP contribution in [0.1, 0.15) is 5.69 Å². The Morgan fingerprint density at radius 2 is 2.17 bits per heavy atom. The van der Waals surface area contributed by atoms with Crippen LogP contribution in [0.3, 0.4) is 0 Å². The largest absolute Gasteiger partial charge is 0.466 e. The maximum Gasteiger partial charge on any atom is 0.330 e. The normalized spacial score (nSPS) is 10.9. The van der Waals surface area contributed by atoms with Gasteiger partial charge < -0.3 is 4.74 Å². The Morgan fingerprint density at radius 1 is 1.39 bits per heavy atom. The predicted octanol–water partition coefficient (Wildman–Crippen LogP) is -0.807. The summed E-state index contributed by atoms with van der Waals surface area (Å²) < 4.78 is 4.41. The SMILES string of the molecule is COC(=O)C=Cc1cnc2c(=O)[nH]c(=O)[nH]c2n1. The molecule has 0 radical (unpaired) electrons. The highest BCUT2D eigenvalue weighted by Crippen LogP contribution is 2.01. The smallest absolute Gasteiger partial charge is 0.330 e. The van der Waals surface area contributed by atoms with E-state index in [9.17, 15) is 14.4 Å².